The average molecular weight is 221 g/mol. The van der Waals surface area contributed by atoms with Crippen molar-refractivity contribution in [2.24, 2.45) is 0 Å². The Balaban J connectivity index is 2.67. The standard InChI is InChI=1S/C12H15NO3/c1-15-11-5-2-4-10(8-11)12(9-13)16-7-3-6-14/h2,4-5,8,12,14H,3,6-7H2,1H3. The molecular weight excluding hydrogens is 206 g/mol. The van der Waals surface area contributed by atoms with Crippen LogP contribution in [0.2, 0.25) is 0 Å². The third kappa shape index (κ3) is 3.54. The molecule has 0 bridgehead atoms. The van der Waals surface area contributed by atoms with Gasteiger partial charge in [-0.1, -0.05) is 12.1 Å². The molecule has 0 aliphatic rings. The Hall–Kier alpha value is -1.57. The number of nitrogens with zero attached hydrogens (tertiary/aromatic N) is 1. The lowest BCUT2D eigenvalue weighted by Gasteiger charge is -2.11. The topological polar surface area (TPSA) is 62.5 Å². The first-order valence-corrected chi connectivity index (χ1v) is 5.08. The minimum atomic E-state index is -0.610. The lowest BCUT2D eigenvalue weighted by Crippen LogP contribution is -2.04. The number of rotatable bonds is 6. The van der Waals surface area contributed by atoms with Gasteiger partial charge in [0.15, 0.2) is 6.10 Å². The van der Waals surface area contributed by atoms with E-state index in [2.05, 4.69) is 6.07 Å². The van der Waals surface area contributed by atoms with Crippen molar-refractivity contribution in [1.29, 1.82) is 5.26 Å². The van der Waals surface area contributed by atoms with Crippen LogP contribution in [0.4, 0.5) is 0 Å². The highest BCUT2D eigenvalue weighted by atomic mass is 16.5. The molecule has 0 aromatic heterocycles. The summed E-state index contributed by atoms with van der Waals surface area (Å²) < 4.78 is 10.4. The van der Waals surface area contributed by atoms with Gasteiger partial charge in [0.2, 0.25) is 0 Å². The fourth-order valence-corrected chi connectivity index (χ4v) is 1.28. The summed E-state index contributed by atoms with van der Waals surface area (Å²) >= 11 is 0. The van der Waals surface area contributed by atoms with Gasteiger partial charge in [0, 0.05) is 6.61 Å². The van der Waals surface area contributed by atoms with Gasteiger partial charge in [0.1, 0.15) is 5.75 Å². The van der Waals surface area contributed by atoms with E-state index in [0.29, 0.717) is 18.8 Å². The molecule has 86 valence electrons. The monoisotopic (exact) mass is 221 g/mol. The van der Waals surface area contributed by atoms with Crippen LogP contribution in [0.25, 0.3) is 0 Å². The van der Waals surface area contributed by atoms with Gasteiger partial charge < -0.3 is 14.6 Å². The van der Waals surface area contributed by atoms with Gasteiger partial charge in [-0.25, -0.2) is 0 Å². The number of ether oxygens (including phenoxy) is 2. The van der Waals surface area contributed by atoms with Crippen molar-refractivity contribution in [3.05, 3.63) is 29.8 Å². The lowest BCUT2D eigenvalue weighted by atomic mass is 10.1. The molecule has 0 heterocycles. The molecule has 0 saturated carbocycles. The summed E-state index contributed by atoms with van der Waals surface area (Å²) in [6.07, 6.45) is -0.0797. The van der Waals surface area contributed by atoms with E-state index in [9.17, 15) is 0 Å². The third-order valence-electron chi connectivity index (χ3n) is 2.10. The van der Waals surface area contributed by atoms with Crippen LogP contribution < -0.4 is 4.74 Å². The number of methoxy groups -OCH3 is 1. The first-order chi connectivity index (χ1) is 7.81. The molecule has 1 atom stereocenters. The van der Waals surface area contributed by atoms with Crippen LogP contribution >= 0.6 is 0 Å². The third-order valence-corrected chi connectivity index (χ3v) is 2.10. The molecule has 0 aliphatic heterocycles. The van der Waals surface area contributed by atoms with Gasteiger partial charge >= 0.3 is 0 Å². The Morgan fingerprint density at radius 3 is 2.94 bits per heavy atom. The van der Waals surface area contributed by atoms with Crippen LogP contribution in [0.5, 0.6) is 5.75 Å². The smallest absolute Gasteiger partial charge is 0.169 e. The van der Waals surface area contributed by atoms with Gasteiger partial charge in [-0.2, -0.15) is 5.26 Å². The fraction of sp³-hybridized carbons (Fsp3) is 0.417. The molecule has 1 N–H and O–H groups in total. The zero-order chi connectivity index (χ0) is 11.8. The van der Waals surface area contributed by atoms with Crippen molar-refractivity contribution in [2.75, 3.05) is 20.3 Å². The van der Waals surface area contributed by atoms with Crippen molar-refractivity contribution >= 4 is 0 Å². The summed E-state index contributed by atoms with van der Waals surface area (Å²) in [6, 6.07) is 9.28. The SMILES string of the molecule is COc1cccc(C(C#N)OCCCO)c1. The summed E-state index contributed by atoms with van der Waals surface area (Å²) in [5, 5.41) is 17.6. The van der Waals surface area contributed by atoms with Gasteiger partial charge in [-0.3, -0.25) is 0 Å². The van der Waals surface area contributed by atoms with Crippen molar-refractivity contribution in [1.82, 2.24) is 0 Å². The van der Waals surface area contributed by atoms with E-state index in [1.54, 1.807) is 13.2 Å². The molecule has 1 aromatic carbocycles. The van der Waals surface area contributed by atoms with E-state index in [1.807, 2.05) is 18.2 Å². The van der Waals surface area contributed by atoms with E-state index < -0.39 is 6.10 Å². The molecule has 0 radical (unpaired) electrons. The number of hydrogen-bond donors (Lipinski definition) is 1. The molecule has 0 saturated heterocycles. The highest BCUT2D eigenvalue weighted by molar-refractivity contribution is 5.32. The highest BCUT2D eigenvalue weighted by Crippen LogP contribution is 2.21. The molecule has 1 aromatic rings. The largest absolute Gasteiger partial charge is 0.497 e. The van der Waals surface area contributed by atoms with Crippen LogP contribution in [-0.4, -0.2) is 25.4 Å². The minimum Gasteiger partial charge on any atom is -0.497 e. The number of aliphatic hydroxyl groups excluding tert-OH is 1. The van der Waals surface area contributed by atoms with Crippen LogP contribution in [0.15, 0.2) is 24.3 Å². The second kappa shape index (κ2) is 6.83. The number of nitriles is 1. The van der Waals surface area contributed by atoms with Gasteiger partial charge in [-0.05, 0) is 24.1 Å². The Kier molecular flexibility index (Phi) is 5.34. The number of hydrogen-bond acceptors (Lipinski definition) is 4. The summed E-state index contributed by atoms with van der Waals surface area (Å²) in [4.78, 5) is 0. The van der Waals surface area contributed by atoms with Crippen molar-refractivity contribution in [3.63, 3.8) is 0 Å². The quantitative estimate of drug-likeness (QED) is 0.742. The number of benzene rings is 1. The summed E-state index contributed by atoms with van der Waals surface area (Å²) in [5.74, 6) is 0.698. The zero-order valence-corrected chi connectivity index (χ0v) is 9.22. The second-order valence-electron chi connectivity index (χ2n) is 3.23. The van der Waals surface area contributed by atoms with Gasteiger partial charge in [0.05, 0.1) is 19.8 Å². The van der Waals surface area contributed by atoms with E-state index in [4.69, 9.17) is 19.8 Å². The molecular formula is C12H15NO3. The van der Waals surface area contributed by atoms with E-state index in [0.717, 1.165) is 5.56 Å². The Morgan fingerprint density at radius 2 is 2.31 bits per heavy atom. The summed E-state index contributed by atoms with van der Waals surface area (Å²) in [5.41, 5.74) is 0.764. The van der Waals surface area contributed by atoms with Crippen molar-refractivity contribution < 1.29 is 14.6 Å². The van der Waals surface area contributed by atoms with E-state index >= 15 is 0 Å². The van der Waals surface area contributed by atoms with Crippen LogP contribution in [0, 0.1) is 11.3 Å². The summed E-state index contributed by atoms with van der Waals surface area (Å²) in [7, 11) is 1.58. The maximum absolute atomic E-state index is 8.96. The highest BCUT2D eigenvalue weighted by Gasteiger charge is 2.11. The van der Waals surface area contributed by atoms with Gasteiger partial charge in [0.25, 0.3) is 0 Å². The normalized spacial score (nSPS) is 11.8. The predicted octanol–water partition coefficient (Wildman–Crippen LogP) is 1.66. The number of aliphatic hydroxyl groups is 1. The molecule has 0 amide bonds. The maximum atomic E-state index is 8.96. The lowest BCUT2D eigenvalue weighted by molar-refractivity contribution is 0.0772. The van der Waals surface area contributed by atoms with E-state index in [1.165, 1.54) is 0 Å². The molecule has 4 heteroatoms. The molecule has 0 aliphatic carbocycles. The molecule has 1 unspecified atom stereocenters. The Labute approximate surface area is 95.0 Å². The first kappa shape index (κ1) is 12.5. The summed E-state index contributed by atoms with van der Waals surface area (Å²) in [6.45, 7) is 0.433. The fourth-order valence-electron chi connectivity index (χ4n) is 1.28. The predicted molar refractivity (Wildman–Crippen MR) is 59.0 cm³/mol. The molecule has 0 fully saturated rings. The molecule has 4 nitrogen and oxygen atoms in total. The molecule has 16 heavy (non-hydrogen) atoms. The first-order valence-electron chi connectivity index (χ1n) is 5.08. The average Bonchev–Trinajstić information content (AvgIpc) is 2.35. The van der Waals surface area contributed by atoms with Crippen LogP contribution in [0.3, 0.4) is 0 Å². The van der Waals surface area contributed by atoms with E-state index in [-0.39, 0.29) is 6.61 Å². The maximum Gasteiger partial charge on any atom is 0.169 e. The Bertz CT molecular complexity index is 360. The second-order valence-corrected chi connectivity index (χ2v) is 3.23. The molecule has 1 rings (SSSR count). The minimum absolute atomic E-state index is 0.0657. The zero-order valence-electron chi connectivity index (χ0n) is 9.22. The van der Waals surface area contributed by atoms with Crippen molar-refractivity contribution in [2.45, 2.75) is 12.5 Å². The molecule has 0 spiro atoms. The Morgan fingerprint density at radius 1 is 1.50 bits per heavy atom. The van der Waals surface area contributed by atoms with Crippen molar-refractivity contribution in [3.8, 4) is 11.8 Å². The van der Waals surface area contributed by atoms with Crippen LogP contribution in [-0.2, 0) is 4.74 Å². The van der Waals surface area contributed by atoms with Gasteiger partial charge in [-0.15, -0.1) is 0 Å². The van der Waals surface area contributed by atoms with Crippen LogP contribution in [0.1, 0.15) is 18.1 Å².